The minimum Gasteiger partial charge on any atom is -0.497 e. The van der Waals surface area contributed by atoms with E-state index in [4.69, 9.17) is 4.74 Å². The van der Waals surface area contributed by atoms with Crippen LogP contribution < -0.4 is 4.74 Å². The van der Waals surface area contributed by atoms with Gasteiger partial charge in [0.2, 0.25) is 0 Å². The van der Waals surface area contributed by atoms with E-state index < -0.39 is 9.84 Å². The van der Waals surface area contributed by atoms with E-state index in [1.807, 2.05) is 12.1 Å². The summed E-state index contributed by atoms with van der Waals surface area (Å²) in [5.41, 5.74) is 2.17. The van der Waals surface area contributed by atoms with Gasteiger partial charge < -0.3 is 9.64 Å². The molecule has 0 spiro atoms. The summed E-state index contributed by atoms with van der Waals surface area (Å²) < 4.78 is 29.3. The molecule has 0 bridgehead atoms. The van der Waals surface area contributed by atoms with Crippen molar-refractivity contribution in [2.75, 3.05) is 33.3 Å². The second-order valence-corrected chi connectivity index (χ2v) is 8.78. The van der Waals surface area contributed by atoms with Gasteiger partial charge in [0.15, 0.2) is 9.84 Å². The number of fused-ring (bicyclic) bond motifs is 1. The molecule has 0 N–H and O–H groups in total. The Morgan fingerprint density at radius 3 is 2.38 bits per heavy atom. The third-order valence-corrected chi connectivity index (χ3v) is 6.71. The summed E-state index contributed by atoms with van der Waals surface area (Å²) in [4.78, 5) is 17.3. The lowest BCUT2D eigenvalue weighted by Gasteiger charge is -2.35. The molecule has 8 heteroatoms. The Morgan fingerprint density at radius 2 is 1.72 bits per heavy atom. The molecular weight excluding hydrogens is 412 g/mol. The number of nitrogens with zero attached hydrogens (tertiary/aromatic N) is 2. The number of carbonyl (C=O) groups is 1. The fourth-order valence-electron chi connectivity index (χ4n) is 3.65. The van der Waals surface area contributed by atoms with Gasteiger partial charge in [-0.15, -0.1) is 12.4 Å². The highest BCUT2D eigenvalue weighted by Crippen LogP contribution is 2.30. The van der Waals surface area contributed by atoms with Crippen molar-refractivity contribution in [3.05, 3.63) is 64.6 Å². The number of halogens is 1. The normalized spacial score (nSPS) is 17.5. The van der Waals surface area contributed by atoms with Gasteiger partial charge in [0.25, 0.3) is 5.91 Å². The second-order valence-electron chi connectivity index (χ2n) is 6.98. The second kappa shape index (κ2) is 8.57. The first-order valence-electron chi connectivity index (χ1n) is 9.19. The van der Waals surface area contributed by atoms with Crippen LogP contribution in [0.3, 0.4) is 0 Å². The minimum atomic E-state index is -3.41. The Hall–Kier alpha value is -2.35. The number of hydrogen-bond donors (Lipinski definition) is 0. The van der Waals surface area contributed by atoms with Gasteiger partial charge >= 0.3 is 0 Å². The number of ether oxygens (including phenoxy) is 1. The first-order valence-corrected chi connectivity index (χ1v) is 10.7. The fraction of sp³-hybridized carbons (Fsp3) is 0.286. The first-order chi connectivity index (χ1) is 13.5. The van der Waals surface area contributed by atoms with Crippen molar-refractivity contribution in [2.45, 2.75) is 11.4 Å². The summed E-state index contributed by atoms with van der Waals surface area (Å²) in [7, 11) is -1.76. The molecule has 1 saturated heterocycles. The van der Waals surface area contributed by atoms with E-state index in [1.54, 1.807) is 30.2 Å². The molecule has 0 unspecified atom stereocenters. The fourth-order valence-corrected chi connectivity index (χ4v) is 4.86. The Morgan fingerprint density at radius 1 is 1.03 bits per heavy atom. The Balaban J connectivity index is 0.00000240. The Bertz CT molecular complexity index is 1030. The zero-order chi connectivity index (χ0) is 19.7. The van der Waals surface area contributed by atoms with Crippen LogP contribution in [-0.2, 0) is 16.4 Å². The molecule has 1 fully saturated rings. The zero-order valence-corrected chi connectivity index (χ0v) is 17.7. The number of methoxy groups -OCH3 is 1. The van der Waals surface area contributed by atoms with Crippen LogP contribution in [0.15, 0.2) is 52.8 Å². The number of benzene rings is 2. The summed E-state index contributed by atoms with van der Waals surface area (Å²) in [5, 5.41) is 1.17. The monoisotopic (exact) mass is 434 g/mol. The number of carbonyl (C=O) groups excluding carboxylic acids is 1. The molecule has 4 rings (SSSR count). The van der Waals surface area contributed by atoms with Gasteiger partial charge in [-0.25, -0.2) is 8.42 Å². The Kier molecular flexibility index (Phi) is 6.31. The lowest BCUT2D eigenvalue weighted by Crippen LogP contribution is -2.48. The van der Waals surface area contributed by atoms with E-state index in [0.717, 1.165) is 25.4 Å². The summed E-state index contributed by atoms with van der Waals surface area (Å²) in [6.07, 6.45) is 1.53. The van der Waals surface area contributed by atoms with Crippen molar-refractivity contribution in [1.29, 1.82) is 0 Å². The predicted octanol–water partition coefficient (Wildman–Crippen LogP) is 2.83. The number of sulfone groups is 1. The van der Waals surface area contributed by atoms with Crippen LogP contribution in [0.5, 0.6) is 5.75 Å². The standard InChI is InChI=1S/C21H22N2O4S.ClH/c1-27-17-7-5-16(6-8-17)15-22-10-12-23(13-11-22)21(24)19-3-2-4-20-18(19)9-14-28(20,25)26;/h2-9,14H,10-13,15H2,1H3;1H. The van der Waals surface area contributed by atoms with Crippen LogP contribution in [0.2, 0.25) is 0 Å². The quantitative estimate of drug-likeness (QED) is 0.740. The van der Waals surface area contributed by atoms with Gasteiger partial charge in [-0.2, -0.15) is 0 Å². The molecule has 0 aromatic heterocycles. The number of hydrogen-bond acceptors (Lipinski definition) is 5. The zero-order valence-electron chi connectivity index (χ0n) is 16.1. The van der Waals surface area contributed by atoms with Crippen LogP contribution in [0, 0.1) is 0 Å². The first kappa shape index (κ1) is 21.4. The molecule has 2 aromatic carbocycles. The Labute approximate surface area is 177 Å². The third-order valence-electron chi connectivity index (χ3n) is 5.24. The molecule has 29 heavy (non-hydrogen) atoms. The van der Waals surface area contributed by atoms with Crippen LogP contribution in [0.4, 0.5) is 0 Å². The summed E-state index contributed by atoms with van der Waals surface area (Å²) in [6, 6.07) is 12.9. The van der Waals surface area contributed by atoms with Gasteiger partial charge in [0, 0.05) is 49.3 Å². The van der Waals surface area contributed by atoms with Crippen molar-refractivity contribution < 1.29 is 17.9 Å². The van der Waals surface area contributed by atoms with Crippen molar-refractivity contribution in [3.8, 4) is 5.75 Å². The highest BCUT2D eigenvalue weighted by atomic mass is 35.5. The van der Waals surface area contributed by atoms with Gasteiger partial charge in [-0.1, -0.05) is 18.2 Å². The number of piperazine rings is 1. The van der Waals surface area contributed by atoms with Gasteiger partial charge in [0.1, 0.15) is 5.75 Å². The lowest BCUT2D eigenvalue weighted by molar-refractivity contribution is 0.0628. The highest BCUT2D eigenvalue weighted by molar-refractivity contribution is 7.94. The van der Waals surface area contributed by atoms with Gasteiger partial charge in [0.05, 0.1) is 12.0 Å². The van der Waals surface area contributed by atoms with Crippen molar-refractivity contribution in [2.24, 2.45) is 0 Å². The highest BCUT2D eigenvalue weighted by Gasteiger charge is 2.28. The lowest BCUT2D eigenvalue weighted by atomic mass is 10.1. The van der Waals surface area contributed by atoms with Crippen molar-refractivity contribution in [3.63, 3.8) is 0 Å². The largest absolute Gasteiger partial charge is 0.497 e. The molecule has 0 saturated carbocycles. The van der Waals surface area contributed by atoms with E-state index in [1.165, 1.54) is 17.0 Å². The summed E-state index contributed by atoms with van der Waals surface area (Å²) in [5.74, 6) is 0.730. The maximum absolute atomic E-state index is 13.0. The maximum Gasteiger partial charge on any atom is 0.254 e. The van der Waals surface area contributed by atoms with E-state index in [2.05, 4.69) is 17.0 Å². The molecule has 0 atom stereocenters. The topological polar surface area (TPSA) is 66.9 Å². The van der Waals surface area contributed by atoms with E-state index in [-0.39, 0.29) is 23.2 Å². The molecule has 2 aliphatic rings. The van der Waals surface area contributed by atoms with Crippen LogP contribution in [0.1, 0.15) is 21.5 Å². The molecule has 2 aliphatic heterocycles. The van der Waals surface area contributed by atoms with E-state index >= 15 is 0 Å². The molecule has 2 aromatic rings. The SMILES string of the molecule is COc1ccc(CN2CCN(C(=O)c3cccc4c3C=CS4(=O)=O)CC2)cc1.Cl. The number of amides is 1. The molecule has 1 amide bonds. The smallest absolute Gasteiger partial charge is 0.254 e. The van der Waals surface area contributed by atoms with Crippen LogP contribution in [-0.4, -0.2) is 57.4 Å². The maximum atomic E-state index is 13.0. The average Bonchev–Trinajstić information content (AvgIpc) is 3.04. The molecule has 6 nitrogen and oxygen atoms in total. The molecular formula is C21H23ClN2O4S. The van der Waals surface area contributed by atoms with E-state index in [9.17, 15) is 13.2 Å². The summed E-state index contributed by atoms with van der Waals surface area (Å²) in [6.45, 7) is 3.62. The van der Waals surface area contributed by atoms with E-state index in [0.29, 0.717) is 24.2 Å². The molecule has 154 valence electrons. The number of rotatable bonds is 4. The minimum absolute atomic E-state index is 0. The molecule has 2 heterocycles. The molecule has 0 radical (unpaired) electrons. The summed E-state index contributed by atoms with van der Waals surface area (Å²) >= 11 is 0. The molecule has 0 aliphatic carbocycles. The van der Waals surface area contributed by atoms with Gasteiger partial charge in [-0.05, 0) is 35.9 Å². The van der Waals surface area contributed by atoms with Crippen LogP contribution >= 0.6 is 12.4 Å². The third kappa shape index (κ3) is 4.32. The average molecular weight is 435 g/mol. The van der Waals surface area contributed by atoms with Crippen LogP contribution in [0.25, 0.3) is 6.08 Å². The van der Waals surface area contributed by atoms with Crippen molar-refractivity contribution in [1.82, 2.24) is 9.80 Å². The van der Waals surface area contributed by atoms with Gasteiger partial charge in [-0.3, -0.25) is 9.69 Å². The van der Waals surface area contributed by atoms with Crippen molar-refractivity contribution >= 4 is 34.2 Å². The predicted molar refractivity (Wildman–Crippen MR) is 114 cm³/mol.